The minimum absolute atomic E-state index is 0.275. The van der Waals surface area contributed by atoms with Crippen LogP contribution in [0.1, 0.15) is 21.8 Å². The Morgan fingerprint density at radius 3 is 2.54 bits per heavy atom. The number of hydrogen-bond acceptors (Lipinski definition) is 7. The number of thioether (sulfide) groups is 1. The van der Waals surface area contributed by atoms with Crippen LogP contribution in [0.5, 0.6) is 0 Å². The van der Waals surface area contributed by atoms with Gasteiger partial charge < -0.3 is 10.5 Å². The van der Waals surface area contributed by atoms with Gasteiger partial charge in [0.25, 0.3) is 0 Å². The van der Waals surface area contributed by atoms with Crippen LogP contribution in [0.15, 0.2) is 29.2 Å². The highest BCUT2D eigenvalue weighted by molar-refractivity contribution is 7.98. The molecule has 0 atom stereocenters. The zero-order valence-electron chi connectivity index (χ0n) is 15.0. The van der Waals surface area contributed by atoms with E-state index >= 15 is 0 Å². The lowest BCUT2D eigenvalue weighted by Gasteiger charge is -2.07. The van der Waals surface area contributed by atoms with Crippen molar-refractivity contribution in [2.45, 2.75) is 18.7 Å². The van der Waals surface area contributed by atoms with Gasteiger partial charge in [-0.1, -0.05) is 12.1 Å². The van der Waals surface area contributed by atoms with Gasteiger partial charge in [-0.15, -0.1) is 23.1 Å². The maximum atomic E-state index is 12.3. The second-order valence-electron chi connectivity index (χ2n) is 5.72. The maximum Gasteiger partial charge on any atom is 0.341 e. The van der Waals surface area contributed by atoms with Crippen molar-refractivity contribution >= 4 is 56.8 Å². The zero-order valence-corrected chi connectivity index (χ0v) is 16.6. The number of methoxy groups -OCH3 is 1. The summed E-state index contributed by atoms with van der Waals surface area (Å²) in [6.07, 6.45) is 3.74. The minimum Gasteiger partial charge on any atom is -0.465 e. The molecule has 3 rings (SSSR count). The normalized spacial score (nSPS) is 11.8. The van der Waals surface area contributed by atoms with Gasteiger partial charge in [-0.3, -0.25) is 0 Å². The summed E-state index contributed by atoms with van der Waals surface area (Å²) < 4.78 is 4.94. The average Bonchev–Trinajstić information content (AvgIpc) is 2.93. The molecule has 2 N–H and O–H groups in total. The molecule has 0 fully saturated rings. The molecule has 134 valence electrons. The SMILES string of the molecule is COC(=O)/C(=C/c1ccc(SC)cc1)c1nc(N)c2c(C)c(C)sc2n1. The van der Waals surface area contributed by atoms with E-state index in [0.29, 0.717) is 5.82 Å². The molecule has 0 unspecified atom stereocenters. The quantitative estimate of drug-likeness (QED) is 0.409. The molecule has 7 heteroatoms. The molecule has 2 heterocycles. The van der Waals surface area contributed by atoms with Gasteiger partial charge in [0.15, 0.2) is 5.82 Å². The predicted octanol–water partition coefficient (Wildman–Crippen LogP) is 4.33. The van der Waals surface area contributed by atoms with Crippen molar-refractivity contribution in [2.75, 3.05) is 19.1 Å². The topological polar surface area (TPSA) is 78.1 Å². The number of rotatable bonds is 4. The van der Waals surface area contributed by atoms with Crippen LogP contribution in [0.4, 0.5) is 5.82 Å². The van der Waals surface area contributed by atoms with Crippen LogP contribution in [0.2, 0.25) is 0 Å². The van der Waals surface area contributed by atoms with Gasteiger partial charge in [0.05, 0.1) is 12.5 Å². The average molecular weight is 386 g/mol. The number of nitrogens with two attached hydrogens (primary N) is 1. The third-order valence-electron chi connectivity index (χ3n) is 4.13. The van der Waals surface area contributed by atoms with Crippen LogP contribution in [0.25, 0.3) is 21.9 Å². The molecule has 0 aliphatic carbocycles. The van der Waals surface area contributed by atoms with E-state index in [1.54, 1.807) is 29.2 Å². The highest BCUT2D eigenvalue weighted by Crippen LogP contribution is 2.33. The number of fused-ring (bicyclic) bond motifs is 1. The molecule has 0 saturated heterocycles. The first kappa shape index (κ1) is 18.4. The van der Waals surface area contributed by atoms with E-state index in [-0.39, 0.29) is 11.4 Å². The van der Waals surface area contributed by atoms with Crippen molar-refractivity contribution in [3.8, 4) is 0 Å². The van der Waals surface area contributed by atoms with Gasteiger partial charge >= 0.3 is 5.97 Å². The Morgan fingerprint density at radius 1 is 1.23 bits per heavy atom. The summed E-state index contributed by atoms with van der Waals surface area (Å²) in [6.45, 7) is 4.02. The van der Waals surface area contributed by atoms with E-state index in [4.69, 9.17) is 10.5 Å². The summed E-state index contributed by atoms with van der Waals surface area (Å²) in [5, 5.41) is 0.852. The maximum absolute atomic E-state index is 12.3. The third kappa shape index (κ3) is 3.45. The van der Waals surface area contributed by atoms with Crippen LogP contribution in [0.3, 0.4) is 0 Å². The summed E-state index contributed by atoms with van der Waals surface area (Å²) in [5.41, 5.74) is 8.37. The number of hydrogen-bond donors (Lipinski definition) is 1. The zero-order chi connectivity index (χ0) is 18.8. The second-order valence-corrected chi connectivity index (χ2v) is 7.80. The summed E-state index contributed by atoms with van der Waals surface area (Å²) in [6, 6.07) is 7.87. The van der Waals surface area contributed by atoms with Crippen molar-refractivity contribution in [3.05, 3.63) is 46.1 Å². The standard InChI is InChI=1S/C19H19N3O2S2/c1-10-11(2)26-18-15(10)16(20)21-17(22-18)14(19(23)24-3)9-12-5-7-13(25-4)8-6-12/h5-9H,1-4H3,(H2,20,21,22)/b14-9+. The molecule has 0 aliphatic heterocycles. The van der Waals surface area contributed by atoms with Crippen molar-refractivity contribution in [2.24, 2.45) is 0 Å². The Labute approximate surface area is 160 Å². The molecule has 0 saturated carbocycles. The fourth-order valence-corrected chi connectivity index (χ4v) is 4.04. The molecule has 3 aromatic rings. The van der Waals surface area contributed by atoms with Gasteiger partial charge in [0, 0.05) is 9.77 Å². The number of ether oxygens (including phenoxy) is 1. The summed E-state index contributed by atoms with van der Waals surface area (Å²) in [7, 11) is 1.34. The van der Waals surface area contributed by atoms with Gasteiger partial charge in [-0.05, 0) is 49.4 Å². The number of anilines is 1. The number of carbonyl (C=O) groups excluding carboxylic acids is 1. The van der Waals surface area contributed by atoms with Crippen LogP contribution in [0, 0.1) is 13.8 Å². The Balaban J connectivity index is 2.15. The van der Waals surface area contributed by atoms with Gasteiger partial charge in [-0.25, -0.2) is 14.8 Å². The van der Waals surface area contributed by atoms with Crippen molar-refractivity contribution in [1.29, 1.82) is 0 Å². The molecule has 2 aromatic heterocycles. The van der Waals surface area contributed by atoms with E-state index in [2.05, 4.69) is 9.97 Å². The molecule has 1 aromatic carbocycles. The van der Waals surface area contributed by atoms with Crippen LogP contribution < -0.4 is 5.73 Å². The van der Waals surface area contributed by atoms with Crippen LogP contribution >= 0.6 is 23.1 Å². The number of benzene rings is 1. The summed E-state index contributed by atoms with van der Waals surface area (Å²) >= 11 is 3.20. The second kappa shape index (κ2) is 7.47. The summed E-state index contributed by atoms with van der Waals surface area (Å²) in [4.78, 5) is 24.3. The predicted molar refractivity (Wildman–Crippen MR) is 109 cm³/mol. The minimum atomic E-state index is -0.498. The van der Waals surface area contributed by atoms with E-state index in [1.807, 2.05) is 44.4 Å². The molecule has 26 heavy (non-hydrogen) atoms. The van der Waals surface area contributed by atoms with Crippen molar-refractivity contribution in [3.63, 3.8) is 0 Å². The van der Waals surface area contributed by atoms with Gasteiger partial charge in [0.1, 0.15) is 16.2 Å². The Kier molecular flexibility index (Phi) is 5.29. The first-order chi connectivity index (χ1) is 12.4. The molecular weight excluding hydrogens is 366 g/mol. The van der Waals surface area contributed by atoms with Gasteiger partial charge in [0.2, 0.25) is 0 Å². The van der Waals surface area contributed by atoms with Crippen molar-refractivity contribution < 1.29 is 9.53 Å². The number of nitrogens with zero attached hydrogens (tertiary/aromatic N) is 2. The lowest BCUT2D eigenvalue weighted by atomic mass is 10.1. The molecule has 0 radical (unpaired) electrons. The number of nitrogen functional groups attached to an aromatic ring is 1. The largest absolute Gasteiger partial charge is 0.465 e. The smallest absolute Gasteiger partial charge is 0.341 e. The number of esters is 1. The molecule has 5 nitrogen and oxygen atoms in total. The summed E-state index contributed by atoms with van der Waals surface area (Å²) in [5.74, 6) is 0.152. The van der Waals surface area contributed by atoms with E-state index in [1.165, 1.54) is 7.11 Å². The van der Waals surface area contributed by atoms with Gasteiger partial charge in [-0.2, -0.15) is 0 Å². The lowest BCUT2D eigenvalue weighted by molar-refractivity contribution is -0.133. The van der Waals surface area contributed by atoms with Crippen LogP contribution in [-0.4, -0.2) is 29.3 Å². The highest BCUT2D eigenvalue weighted by atomic mass is 32.2. The number of aromatic nitrogens is 2. The first-order valence-electron chi connectivity index (χ1n) is 7.92. The number of thiophene rings is 1. The van der Waals surface area contributed by atoms with E-state index < -0.39 is 5.97 Å². The molecule has 0 bridgehead atoms. The van der Waals surface area contributed by atoms with E-state index in [0.717, 1.165) is 31.1 Å². The monoisotopic (exact) mass is 385 g/mol. The fraction of sp³-hybridized carbons (Fsp3) is 0.211. The molecule has 0 amide bonds. The Morgan fingerprint density at radius 2 is 1.92 bits per heavy atom. The number of aryl methyl sites for hydroxylation is 2. The van der Waals surface area contributed by atoms with Crippen LogP contribution in [-0.2, 0) is 9.53 Å². The molecule has 0 spiro atoms. The van der Waals surface area contributed by atoms with Crippen molar-refractivity contribution in [1.82, 2.24) is 9.97 Å². The Bertz CT molecular complexity index is 1010. The highest BCUT2D eigenvalue weighted by Gasteiger charge is 2.20. The molecular formula is C19H19N3O2S2. The third-order valence-corrected chi connectivity index (χ3v) is 5.97. The molecule has 0 aliphatic rings. The fourth-order valence-electron chi connectivity index (χ4n) is 2.59. The Hall–Kier alpha value is -2.38. The lowest BCUT2D eigenvalue weighted by Crippen LogP contribution is -2.09. The number of carbonyl (C=O) groups is 1. The first-order valence-corrected chi connectivity index (χ1v) is 9.96. The van der Waals surface area contributed by atoms with E-state index in [9.17, 15) is 4.79 Å².